The third-order valence-corrected chi connectivity index (χ3v) is 4.75. The first kappa shape index (κ1) is 15.3. The van der Waals surface area contributed by atoms with Gasteiger partial charge in [-0.1, -0.05) is 33.6 Å². The largest absolute Gasteiger partial charge is 0.344 e. The third kappa shape index (κ3) is 3.74. The van der Waals surface area contributed by atoms with Crippen LogP contribution in [0, 0.1) is 17.8 Å². The van der Waals surface area contributed by atoms with Crippen molar-refractivity contribution in [3.05, 3.63) is 0 Å². The first-order valence-electron chi connectivity index (χ1n) is 8.05. The molecular formula is C16H28N2O2. The van der Waals surface area contributed by atoms with Gasteiger partial charge in [-0.3, -0.25) is 9.59 Å². The molecule has 1 saturated heterocycles. The molecule has 3 unspecified atom stereocenters. The molecule has 1 heterocycles. The number of hydrogen-bond acceptors (Lipinski definition) is 2. The Bertz CT molecular complexity index is 367. The van der Waals surface area contributed by atoms with E-state index in [0.29, 0.717) is 30.7 Å². The summed E-state index contributed by atoms with van der Waals surface area (Å²) in [6.45, 7) is 7.89. The summed E-state index contributed by atoms with van der Waals surface area (Å²) in [4.78, 5) is 26.4. The van der Waals surface area contributed by atoms with Gasteiger partial charge in [-0.15, -0.1) is 0 Å². The second-order valence-electron chi connectivity index (χ2n) is 6.95. The highest BCUT2D eigenvalue weighted by Gasteiger charge is 2.33. The minimum atomic E-state index is -0.318. The fraction of sp³-hybridized carbons (Fsp3) is 0.875. The van der Waals surface area contributed by atoms with E-state index in [9.17, 15) is 9.59 Å². The monoisotopic (exact) mass is 280 g/mol. The van der Waals surface area contributed by atoms with Crippen LogP contribution in [-0.4, -0.2) is 35.8 Å². The molecule has 2 fully saturated rings. The van der Waals surface area contributed by atoms with E-state index in [4.69, 9.17) is 0 Å². The van der Waals surface area contributed by atoms with Gasteiger partial charge in [-0.25, -0.2) is 0 Å². The molecule has 1 saturated carbocycles. The van der Waals surface area contributed by atoms with Crippen LogP contribution < -0.4 is 5.32 Å². The van der Waals surface area contributed by atoms with Crippen molar-refractivity contribution in [2.45, 2.75) is 58.9 Å². The van der Waals surface area contributed by atoms with Crippen LogP contribution in [0.5, 0.6) is 0 Å². The number of amides is 2. The predicted molar refractivity (Wildman–Crippen MR) is 79.1 cm³/mol. The van der Waals surface area contributed by atoms with Crippen molar-refractivity contribution in [2.75, 3.05) is 13.1 Å². The number of nitrogens with zero attached hydrogens (tertiary/aromatic N) is 1. The number of nitrogens with one attached hydrogen (secondary N) is 1. The van der Waals surface area contributed by atoms with Crippen molar-refractivity contribution < 1.29 is 9.59 Å². The number of hydrogen-bond donors (Lipinski definition) is 1. The minimum Gasteiger partial charge on any atom is -0.344 e. The Labute approximate surface area is 122 Å². The Balaban J connectivity index is 2.02. The zero-order chi connectivity index (χ0) is 14.7. The van der Waals surface area contributed by atoms with Crippen molar-refractivity contribution >= 4 is 11.8 Å². The molecule has 1 aliphatic carbocycles. The Morgan fingerprint density at radius 1 is 1.30 bits per heavy atom. The fourth-order valence-corrected chi connectivity index (χ4v) is 3.48. The SMILES string of the molecule is CC(C)CC1NC(=O)CCN(CC2CCCC2C)C1=O. The van der Waals surface area contributed by atoms with Gasteiger partial charge in [0.15, 0.2) is 0 Å². The quantitative estimate of drug-likeness (QED) is 0.858. The zero-order valence-electron chi connectivity index (χ0n) is 13.0. The highest BCUT2D eigenvalue weighted by Crippen LogP contribution is 2.32. The molecule has 0 bridgehead atoms. The first-order chi connectivity index (χ1) is 9.47. The molecule has 4 heteroatoms. The molecule has 0 aromatic rings. The number of carbonyl (C=O) groups excluding carboxylic acids is 2. The van der Waals surface area contributed by atoms with Crippen molar-refractivity contribution in [1.29, 1.82) is 0 Å². The van der Waals surface area contributed by atoms with Crippen LogP contribution in [0.1, 0.15) is 52.9 Å². The first-order valence-corrected chi connectivity index (χ1v) is 8.05. The lowest BCUT2D eigenvalue weighted by Gasteiger charge is -2.29. The molecule has 20 heavy (non-hydrogen) atoms. The van der Waals surface area contributed by atoms with E-state index in [2.05, 4.69) is 26.1 Å². The number of carbonyl (C=O) groups is 2. The summed E-state index contributed by atoms with van der Waals surface area (Å²) in [5, 5.41) is 2.90. The van der Waals surface area contributed by atoms with Gasteiger partial charge in [0, 0.05) is 19.5 Å². The van der Waals surface area contributed by atoms with Crippen molar-refractivity contribution in [3.63, 3.8) is 0 Å². The van der Waals surface area contributed by atoms with E-state index in [0.717, 1.165) is 13.0 Å². The molecule has 0 spiro atoms. The van der Waals surface area contributed by atoms with E-state index < -0.39 is 0 Å². The van der Waals surface area contributed by atoms with Gasteiger partial charge in [0.1, 0.15) is 6.04 Å². The van der Waals surface area contributed by atoms with Crippen LogP contribution in [-0.2, 0) is 9.59 Å². The Hall–Kier alpha value is -1.06. The summed E-state index contributed by atoms with van der Waals surface area (Å²) < 4.78 is 0. The van der Waals surface area contributed by atoms with Gasteiger partial charge < -0.3 is 10.2 Å². The smallest absolute Gasteiger partial charge is 0.245 e. The van der Waals surface area contributed by atoms with Crippen LogP contribution in [0.15, 0.2) is 0 Å². The van der Waals surface area contributed by atoms with Crippen LogP contribution in [0.4, 0.5) is 0 Å². The Morgan fingerprint density at radius 3 is 2.65 bits per heavy atom. The van der Waals surface area contributed by atoms with Crippen LogP contribution in [0.25, 0.3) is 0 Å². The van der Waals surface area contributed by atoms with E-state index >= 15 is 0 Å². The molecule has 0 aromatic carbocycles. The summed E-state index contributed by atoms with van der Waals surface area (Å²) in [7, 11) is 0. The van der Waals surface area contributed by atoms with Gasteiger partial charge in [0.25, 0.3) is 0 Å². The van der Waals surface area contributed by atoms with E-state index in [1.54, 1.807) is 0 Å². The predicted octanol–water partition coefficient (Wildman–Crippen LogP) is 2.19. The lowest BCUT2D eigenvalue weighted by Crippen LogP contribution is -2.46. The lowest BCUT2D eigenvalue weighted by atomic mass is 9.96. The molecule has 3 atom stereocenters. The second kappa shape index (κ2) is 6.59. The van der Waals surface area contributed by atoms with Gasteiger partial charge >= 0.3 is 0 Å². The second-order valence-corrected chi connectivity index (χ2v) is 6.95. The highest BCUT2D eigenvalue weighted by atomic mass is 16.2. The summed E-state index contributed by atoms with van der Waals surface area (Å²) in [6.07, 6.45) is 4.96. The van der Waals surface area contributed by atoms with Crippen LogP contribution in [0.3, 0.4) is 0 Å². The fourth-order valence-electron chi connectivity index (χ4n) is 3.48. The summed E-state index contributed by atoms with van der Waals surface area (Å²) in [5.41, 5.74) is 0. The highest BCUT2D eigenvalue weighted by molar-refractivity contribution is 5.89. The molecule has 2 rings (SSSR count). The number of rotatable bonds is 4. The van der Waals surface area contributed by atoms with Crippen LogP contribution >= 0.6 is 0 Å². The molecule has 1 aliphatic heterocycles. The molecule has 114 valence electrons. The normalized spacial score (nSPS) is 31.6. The lowest BCUT2D eigenvalue weighted by molar-refractivity contribution is -0.134. The zero-order valence-corrected chi connectivity index (χ0v) is 13.0. The maximum Gasteiger partial charge on any atom is 0.245 e. The average molecular weight is 280 g/mol. The molecule has 2 aliphatic rings. The summed E-state index contributed by atoms with van der Waals surface area (Å²) in [6, 6.07) is -0.318. The van der Waals surface area contributed by atoms with Gasteiger partial charge in [-0.05, 0) is 30.6 Å². The maximum atomic E-state index is 12.6. The van der Waals surface area contributed by atoms with E-state index in [1.807, 2.05) is 4.90 Å². The molecular weight excluding hydrogens is 252 g/mol. The molecule has 0 aromatic heterocycles. The molecule has 0 radical (unpaired) electrons. The third-order valence-electron chi connectivity index (χ3n) is 4.75. The molecule has 1 N–H and O–H groups in total. The van der Waals surface area contributed by atoms with Gasteiger partial charge in [-0.2, -0.15) is 0 Å². The van der Waals surface area contributed by atoms with E-state index in [-0.39, 0.29) is 17.9 Å². The van der Waals surface area contributed by atoms with Crippen molar-refractivity contribution in [2.24, 2.45) is 17.8 Å². The minimum absolute atomic E-state index is 0.0194. The van der Waals surface area contributed by atoms with Gasteiger partial charge in [0.2, 0.25) is 11.8 Å². The van der Waals surface area contributed by atoms with Crippen LogP contribution in [0.2, 0.25) is 0 Å². The Kier molecular flexibility index (Phi) is 5.06. The topological polar surface area (TPSA) is 49.4 Å². The van der Waals surface area contributed by atoms with Crippen molar-refractivity contribution in [3.8, 4) is 0 Å². The van der Waals surface area contributed by atoms with Crippen molar-refractivity contribution in [1.82, 2.24) is 10.2 Å². The van der Waals surface area contributed by atoms with E-state index in [1.165, 1.54) is 19.3 Å². The molecule has 2 amide bonds. The molecule has 4 nitrogen and oxygen atoms in total. The summed E-state index contributed by atoms with van der Waals surface area (Å²) >= 11 is 0. The average Bonchev–Trinajstić information content (AvgIpc) is 2.72. The van der Waals surface area contributed by atoms with Gasteiger partial charge in [0.05, 0.1) is 0 Å². The summed E-state index contributed by atoms with van der Waals surface area (Å²) in [5.74, 6) is 1.88. The standard InChI is InChI=1S/C16H28N2O2/c1-11(2)9-14-16(20)18(8-7-15(19)17-14)10-13-6-4-5-12(13)3/h11-14H,4-10H2,1-3H3,(H,17,19). The maximum absolute atomic E-state index is 12.6. The Morgan fingerprint density at radius 2 is 2.05 bits per heavy atom.